The molecule has 2 aromatic carbocycles. The predicted octanol–water partition coefficient (Wildman–Crippen LogP) is 7.20. The molecule has 2 aromatic rings. The summed E-state index contributed by atoms with van der Waals surface area (Å²) in [6.07, 6.45) is 3.67. The highest BCUT2D eigenvalue weighted by molar-refractivity contribution is 6.91. The van der Waals surface area contributed by atoms with Crippen LogP contribution in [0.3, 0.4) is 0 Å². The second-order valence-corrected chi connectivity index (χ2v) is 19.0. The van der Waals surface area contributed by atoms with Gasteiger partial charge in [-0.05, 0) is 64.0 Å². The van der Waals surface area contributed by atoms with Crippen LogP contribution >= 0.6 is 0 Å². The van der Waals surface area contributed by atoms with Crippen molar-refractivity contribution in [3.8, 4) is 0 Å². The van der Waals surface area contributed by atoms with Gasteiger partial charge in [-0.15, -0.1) is 0 Å². The fourth-order valence-corrected chi connectivity index (χ4v) is 10.00. The van der Waals surface area contributed by atoms with Crippen LogP contribution in [0.25, 0.3) is 0 Å². The summed E-state index contributed by atoms with van der Waals surface area (Å²) in [7, 11) is 1.22. The number of hydrogen-bond donors (Lipinski definition) is 1. The molecule has 0 radical (unpaired) electrons. The molecule has 0 aliphatic heterocycles. The Bertz CT molecular complexity index is 1220. The number of likely N-dealkylation sites (N-methyl/N-ethyl adjacent to an activating group) is 1. The van der Waals surface area contributed by atoms with Crippen molar-refractivity contribution in [1.29, 1.82) is 0 Å². The van der Waals surface area contributed by atoms with E-state index in [2.05, 4.69) is 74.6 Å². The maximum absolute atomic E-state index is 13.5. The minimum absolute atomic E-state index is 0.138. The van der Waals surface area contributed by atoms with Crippen molar-refractivity contribution < 1.29 is 23.9 Å². The van der Waals surface area contributed by atoms with Gasteiger partial charge < -0.3 is 14.8 Å². The lowest BCUT2D eigenvalue weighted by Crippen LogP contribution is -2.54. The maximum atomic E-state index is 13.5. The molecule has 0 saturated carbocycles. The average molecular weight is 639 g/mol. The Morgan fingerprint density at radius 3 is 2.00 bits per heavy atom. The molecule has 0 saturated heterocycles. The number of carbonyl (C=O) groups excluding carboxylic acids is 3. The van der Waals surface area contributed by atoms with Crippen molar-refractivity contribution in [2.24, 2.45) is 5.92 Å². The summed E-state index contributed by atoms with van der Waals surface area (Å²) in [4.78, 5) is 40.5. The Labute approximate surface area is 273 Å². The predicted molar refractivity (Wildman–Crippen MR) is 187 cm³/mol. The van der Waals surface area contributed by atoms with Gasteiger partial charge in [0.05, 0.1) is 15.2 Å². The topological polar surface area (TPSA) is 84.9 Å². The fraction of sp³-hybridized carbons (Fsp3) is 0.595. The zero-order valence-corrected chi connectivity index (χ0v) is 30.5. The second kappa shape index (κ2) is 17.5. The van der Waals surface area contributed by atoms with E-state index in [9.17, 15) is 14.4 Å². The summed E-state index contributed by atoms with van der Waals surface area (Å²) < 4.78 is 10.6. The number of nitrogens with zero attached hydrogens (tertiary/aromatic N) is 1. The minimum Gasteiger partial charge on any atom is -0.467 e. The molecule has 0 aromatic heterocycles. The largest absolute Gasteiger partial charge is 0.467 e. The van der Waals surface area contributed by atoms with E-state index in [4.69, 9.17) is 9.47 Å². The van der Waals surface area contributed by atoms with Gasteiger partial charge in [0, 0.05) is 13.5 Å². The second-order valence-electron chi connectivity index (χ2n) is 13.9. The molecular weight excluding hydrogens is 581 g/mol. The number of hydrogen-bond acceptors (Lipinski definition) is 5. The summed E-state index contributed by atoms with van der Waals surface area (Å²) in [5, 5.41) is 4.33. The molecule has 0 spiro atoms. The van der Waals surface area contributed by atoms with E-state index < -0.39 is 43.7 Å². The van der Waals surface area contributed by atoms with Crippen LogP contribution in [0.5, 0.6) is 0 Å². The number of ether oxygens (including phenoxy) is 2. The van der Waals surface area contributed by atoms with Crippen molar-refractivity contribution >= 4 is 31.2 Å². The molecule has 2 atom stereocenters. The number of unbranched alkanes of at least 4 members (excludes halogenated alkanes) is 1. The molecule has 2 rings (SSSR count). The van der Waals surface area contributed by atoms with Crippen LogP contribution in [0.15, 0.2) is 48.5 Å². The number of amides is 2. The van der Waals surface area contributed by atoms with Crippen LogP contribution in [0, 0.1) is 12.8 Å². The van der Waals surface area contributed by atoms with E-state index in [1.807, 2.05) is 13.8 Å². The first-order valence-corrected chi connectivity index (χ1v) is 19.3. The van der Waals surface area contributed by atoms with Crippen LogP contribution in [-0.2, 0) is 31.9 Å². The standard InChI is InChI=1S/C37H58N2O5Si/c1-11-45(12-2,24-14-13-15-29-18-16-28(5)17-19-29)31-22-20-30(21-23-31)26-32(35(41)43-10)38-34(40)33(25-27(3)4)39(9)36(42)44-37(6,7)8/h16-23,27,32-33H,11-15,24-26H2,1-10H3,(H,38,40)/t32-,33-/m0/s1. The lowest BCUT2D eigenvalue weighted by Gasteiger charge is -2.32. The van der Waals surface area contributed by atoms with Crippen molar-refractivity contribution in [3.63, 3.8) is 0 Å². The van der Waals surface area contributed by atoms with Gasteiger partial charge in [-0.25, -0.2) is 9.59 Å². The molecule has 1 N–H and O–H groups in total. The van der Waals surface area contributed by atoms with Crippen LogP contribution < -0.4 is 10.5 Å². The lowest BCUT2D eigenvalue weighted by atomic mass is 10.0. The molecule has 0 aliphatic rings. The summed E-state index contributed by atoms with van der Waals surface area (Å²) in [5.41, 5.74) is 2.96. The van der Waals surface area contributed by atoms with Crippen molar-refractivity contribution in [3.05, 3.63) is 65.2 Å². The van der Waals surface area contributed by atoms with Gasteiger partial charge in [-0.3, -0.25) is 9.69 Å². The van der Waals surface area contributed by atoms with Crippen molar-refractivity contribution in [2.45, 2.75) is 123 Å². The highest BCUT2D eigenvalue weighted by Gasteiger charge is 2.34. The molecular formula is C37H58N2O5Si. The van der Waals surface area contributed by atoms with Crippen LogP contribution in [0.2, 0.25) is 18.1 Å². The average Bonchev–Trinajstić information content (AvgIpc) is 2.99. The van der Waals surface area contributed by atoms with Gasteiger partial charge in [-0.2, -0.15) is 0 Å². The maximum Gasteiger partial charge on any atom is 0.410 e. The van der Waals surface area contributed by atoms with Gasteiger partial charge in [0.2, 0.25) is 5.91 Å². The zero-order valence-electron chi connectivity index (χ0n) is 29.5. The fourth-order valence-electron chi connectivity index (χ4n) is 5.89. The molecule has 8 heteroatoms. The van der Waals surface area contributed by atoms with E-state index >= 15 is 0 Å². The van der Waals surface area contributed by atoms with Crippen LogP contribution in [0.4, 0.5) is 4.79 Å². The number of aryl methyl sites for hydroxylation is 2. The van der Waals surface area contributed by atoms with E-state index in [1.165, 1.54) is 59.3 Å². The number of carbonyl (C=O) groups is 3. The molecule has 45 heavy (non-hydrogen) atoms. The minimum atomic E-state index is -1.67. The van der Waals surface area contributed by atoms with E-state index in [0.29, 0.717) is 12.8 Å². The van der Waals surface area contributed by atoms with E-state index in [-0.39, 0.29) is 5.92 Å². The Hall–Kier alpha value is -3.13. The number of benzene rings is 2. The van der Waals surface area contributed by atoms with Gasteiger partial charge in [0.25, 0.3) is 0 Å². The molecule has 0 aliphatic carbocycles. The van der Waals surface area contributed by atoms with E-state index in [1.54, 1.807) is 27.8 Å². The van der Waals surface area contributed by atoms with Crippen LogP contribution in [-0.4, -0.2) is 62.8 Å². The first-order valence-electron chi connectivity index (χ1n) is 16.6. The van der Waals surface area contributed by atoms with Gasteiger partial charge >= 0.3 is 12.1 Å². The highest BCUT2D eigenvalue weighted by Crippen LogP contribution is 2.25. The number of nitrogens with one attached hydrogen (secondary N) is 1. The van der Waals surface area contributed by atoms with Gasteiger partial charge in [0.15, 0.2) is 0 Å². The molecule has 7 nitrogen and oxygen atoms in total. The van der Waals surface area contributed by atoms with E-state index in [0.717, 1.165) is 12.0 Å². The van der Waals surface area contributed by atoms with Crippen molar-refractivity contribution in [1.82, 2.24) is 10.2 Å². The first kappa shape index (κ1) is 38.1. The summed E-state index contributed by atoms with van der Waals surface area (Å²) in [6.45, 7) is 16.1. The molecule has 250 valence electrons. The Balaban J connectivity index is 2.15. The number of rotatable bonds is 16. The Morgan fingerprint density at radius 2 is 1.49 bits per heavy atom. The highest BCUT2D eigenvalue weighted by atomic mass is 28.3. The normalized spacial score (nSPS) is 13.2. The molecule has 0 fully saturated rings. The number of esters is 1. The van der Waals surface area contributed by atoms with Gasteiger partial charge in [-0.1, -0.05) is 112 Å². The summed E-state index contributed by atoms with van der Waals surface area (Å²) in [5.74, 6) is -0.785. The Morgan fingerprint density at radius 1 is 0.911 bits per heavy atom. The summed E-state index contributed by atoms with van der Waals surface area (Å²) >= 11 is 0. The van der Waals surface area contributed by atoms with Gasteiger partial charge in [0.1, 0.15) is 17.7 Å². The number of methoxy groups -OCH3 is 1. The monoisotopic (exact) mass is 638 g/mol. The smallest absolute Gasteiger partial charge is 0.410 e. The third kappa shape index (κ3) is 12.0. The molecule has 0 heterocycles. The zero-order chi connectivity index (χ0) is 33.8. The quantitative estimate of drug-likeness (QED) is 0.119. The van der Waals surface area contributed by atoms with Crippen molar-refractivity contribution in [2.75, 3.05) is 14.2 Å². The third-order valence-corrected chi connectivity index (χ3v) is 14.4. The lowest BCUT2D eigenvalue weighted by molar-refractivity contribution is -0.145. The molecule has 2 amide bonds. The SMILES string of the molecule is CC[Si](CC)(CCCCc1ccc(C)cc1)c1ccc(C[C@H](NC(=O)[C@H](CC(C)C)N(C)C(=O)OC(C)(C)C)C(=O)OC)cc1. The molecule has 0 bridgehead atoms. The Kier molecular flexibility index (Phi) is 14.8. The summed E-state index contributed by atoms with van der Waals surface area (Å²) in [6, 6.07) is 19.5. The first-order chi connectivity index (χ1) is 21.1. The third-order valence-electron chi connectivity index (χ3n) is 8.80. The van der Waals surface area contributed by atoms with Crippen LogP contribution in [0.1, 0.15) is 84.4 Å². The molecule has 0 unspecified atom stereocenters.